The molecule has 128 valence electrons. The van der Waals surface area contributed by atoms with Crippen LogP contribution in [0.1, 0.15) is 21.5 Å². The van der Waals surface area contributed by atoms with Gasteiger partial charge in [0, 0.05) is 10.6 Å². The summed E-state index contributed by atoms with van der Waals surface area (Å²) in [5.41, 5.74) is 3.68. The number of alkyl halides is 3. The van der Waals surface area contributed by atoms with Crippen LogP contribution in [0.4, 0.5) is 17.6 Å². The molecule has 0 aromatic heterocycles. The summed E-state index contributed by atoms with van der Waals surface area (Å²) in [5.74, 6) is -2.02. The number of carbonyl (C=O) groups excluding carboxylic acids is 1. The van der Waals surface area contributed by atoms with E-state index in [1.54, 1.807) is 0 Å². The molecule has 0 heterocycles. The summed E-state index contributed by atoms with van der Waals surface area (Å²) in [6.07, 6.45) is -4.64. The SMILES string of the molecule is NC(=O)c1cc(Cl)c(COc2ccc(Cl)c(C(F)(F)F)c2)cc1F. The Morgan fingerprint density at radius 3 is 2.38 bits per heavy atom. The van der Waals surface area contributed by atoms with E-state index in [2.05, 4.69) is 0 Å². The molecule has 0 atom stereocenters. The second-order valence-electron chi connectivity index (χ2n) is 4.72. The zero-order valence-corrected chi connectivity index (χ0v) is 13.3. The summed E-state index contributed by atoms with van der Waals surface area (Å²) in [7, 11) is 0. The van der Waals surface area contributed by atoms with Crippen LogP contribution in [0, 0.1) is 5.82 Å². The Morgan fingerprint density at radius 1 is 1.12 bits per heavy atom. The normalized spacial score (nSPS) is 11.4. The molecule has 24 heavy (non-hydrogen) atoms. The minimum atomic E-state index is -4.64. The van der Waals surface area contributed by atoms with Gasteiger partial charge in [0.1, 0.15) is 18.2 Å². The summed E-state index contributed by atoms with van der Waals surface area (Å²) >= 11 is 11.4. The van der Waals surface area contributed by atoms with E-state index in [0.717, 1.165) is 24.3 Å². The summed E-state index contributed by atoms with van der Waals surface area (Å²) in [4.78, 5) is 11.0. The Kier molecular flexibility index (Phi) is 5.25. The Morgan fingerprint density at radius 2 is 1.79 bits per heavy atom. The molecule has 0 radical (unpaired) electrons. The Hall–Kier alpha value is -1.99. The van der Waals surface area contributed by atoms with Crippen LogP contribution < -0.4 is 10.5 Å². The van der Waals surface area contributed by atoms with Gasteiger partial charge in [-0.15, -0.1) is 0 Å². The maximum atomic E-state index is 13.7. The molecule has 2 aromatic carbocycles. The zero-order valence-electron chi connectivity index (χ0n) is 11.8. The fraction of sp³-hybridized carbons (Fsp3) is 0.133. The van der Waals surface area contributed by atoms with Crippen molar-refractivity contribution in [3.63, 3.8) is 0 Å². The van der Waals surface area contributed by atoms with Crippen molar-refractivity contribution in [2.24, 2.45) is 5.73 Å². The molecular formula is C15H9Cl2F4NO2. The van der Waals surface area contributed by atoms with Gasteiger partial charge in [0.05, 0.1) is 16.1 Å². The molecule has 0 spiro atoms. The minimum Gasteiger partial charge on any atom is -0.489 e. The van der Waals surface area contributed by atoms with Crippen LogP contribution in [0.15, 0.2) is 30.3 Å². The third kappa shape index (κ3) is 4.10. The van der Waals surface area contributed by atoms with Gasteiger partial charge in [-0.05, 0) is 30.3 Å². The largest absolute Gasteiger partial charge is 0.489 e. The van der Waals surface area contributed by atoms with E-state index >= 15 is 0 Å². The van der Waals surface area contributed by atoms with E-state index in [0.29, 0.717) is 0 Å². The van der Waals surface area contributed by atoms with Gasteiger partial charge in [-0.1, -0.05) is 23.2 Å². The number of amides is 1. The molecule has 0 bridgehead atoms. The molecular weight excluding hydrogens is 373 g/mol. The van der Waals surface area contributed by atoms with E-state index in [9.17, 15) is 22.4 Å². The summed E-state index contributed by atoms with van der Waals surface area (Å²) < 4.78 is 57.2. The molecule has 3 nitrogen and oxygen atoms in total. The monoisotopic (exact) mass is 381 g/mol. The fourth-order valence-electron chi connectivity index (χ4n) is 1.86. The fourth-order valence-corrected chi connectivity index (χ4v) is 2.30. The van der Waals surface area contributed by atoms with Gasteiger partial charge in [0.2, 0.25) is 0 Å². The molecule has 0 aliphatic heterocycles. The number of hydrogen-bond donors (Lipinski definition) is 1. The number of benzene rings is 2. The van der Waals surface area contributed by atoms with Gasteiger partial charge in [-0.2, -0.15) is 13.2 Å². The molecule has 0 saturated heterocycles. The maximum absolute atomic E-state index is 13.7. The number of hydrogen-bond acceptors (Lipinski definition) is 2. The predicted octanol–water partition coefficient (Wildman–Crippen LogP) is 4.83. The van der Waals surface area contributed by atoms with Crippen LogP contribution in [-0.2, 0) is 12.8 Å². The van der Waals surface area contributed by atoms with Gasteiger partial charge in [0.25, 0.3) is 5.91 Å². The quantitative estimate of drug-likeness (QED) is 0.771. The molecule has 9 heteroatoms. The highest BCUT2D eigenvalue weighted by Crippen LogP contribution is 2.37. The lowest BCUT2D eigenvalue weighted by molar-refractivity contribution is -0.137. The topological polar surface area (TPSA) is 52.3 Å². The van der Waals surface area contributed by atoms with E-state index in [1.165, 1.54) is 6.07 Å². The number of rotatable bonds is 4. The van der Waals surface area contributed by atoms with Crippen LogP contribution in [0.25, 0.3) is 0 Å². The van der Waals surface area contributed by atoms with Gasteiger partial charge in [-0.3, -0.25) is 4.79 Å². The average Bonchev–Trinajstić information content (AvgIpc) is 2.47. The second-order valence-corrected chi connectivity index (χ2v) is 5.53. The van der Waals surface area contributed by atoms with Crippen LogP contribution in [0.5, 0.6) is 5.75 Å². The lowest BCUT2D eigenvalue weighted by Gasteiger charge is -2.13. The Bertz CT molecular complexity index is 794. The number of ether oxygens (including phenoxy) is 1. The molecule has 0 aliphatic carbocycles. The van der Waals surface area contributed by atoms with Crippen LogP contribution in [-0.4, -0.2) is 5.91 Å². The lowest BCUT2D eigenvalue weighted by atomic mass is 10.1. The van der Waals surface area contributed by atoms with Crippen molar-refractivity contribution in [1.82, 2.24) is 0 Å². The standard InChI is InChI=1S/C15H9Cl2F4NO2/c16-11-2-1-8(4-10(11)15(19,20)21)24-6-7-3-13(18)9(14(22)23)5-12(7)17/h1-5H,6H2,(H2,22,23). The highest BCUT2D eigenvalue weighted by molar-refractivity contribution is 6.32. The lowest BCUT2D eigenvalue weighted by Crippen LogP contribution is -2.14. The average molecular weight is 382 g/mol. The number of primary amides is 1. The van der Waals surface area contributed by atoms with Gasteiger partial charge >= 0.3 is 6.18 Å². The van der Waals surface area contributed by atoms with Crippen molar-refractivity contribution in [2.45, 2.75) is 12.8 Å². The second kappa shape index (κ2) is 6.86. The minimum absolute atomic E-state index is 0.00444. The van der Waals surface area contributed by atoms with Crippen molar-refractivity contribution in [2.75, 3.05) is 0 Å². The number of halogens is 6. The van der Waals surface area contributed by atoms with Crippen LogP contribution >= 0.6 is 23.2 Å². The van der Waals surface area contributed by atoms with Crippen LogP contribution in [0.2, 0.25) is 10.0 Å². The van der Waals surface area contributed by atoms with E-state index in [1.807, 2.05) is 0 Å². The molecule has 0 saturated carbocycles. The highest BCUT2D eigenvalue weighted by atomic mass is 35.5. The van der Waals surface area contributed by atoms with Crippen molar-refractivity contribution in [3.8, 4) is 5.75 Å². The van der Waals surface area contributed by atoms with Crippen LogP contribution in [0.3, 0.4) is 0 Å². The molecule has 2 rings (SSSR count). The van der Waals surface area contributed by atoms with Crippen molar-refractivity contribution >= 4 is 29.1 Å². The molecule has 2 aromatic rings. The summed E-state index contributed by atoms with van der Waals surface area (Å²) in [5, 5.41) is -0.472. The first-order valence-electron chi connectivity index (χ1n) is 6.37. The van der Waals surface area contributed by atoms with E-state index in [-0.39, 0.29) is 22.9 Å². The molecule has 2 N–H and O–H groups in total. The highest BCUT2D eigenvalue weighted by Gasteiger charge is 2.33. The predicted molar refractivity (Wildman–Crippen MR) is 80.7 cm³/mol. The van der Waals surface area contributed by atoms with Crippen molar-refractivity contribution in [3.05, 3.63) is 62.9 Å². The maximum Gasteiger partial charge on any atom is 0.417 e. The number of carbonyl (C=O) groups is 1. The van der Waals surface area contributed by atoms with Crippen molar-refractivity contribution in [1.29, 1.82) is 0 Å². The van der Waals surface area contributed by atoms with E-state index in [4.69, 9.17) is 33.7 Å². The molecule has 1 amide bonds. The zero-order chi connectivity index (χ0) is 18.1. The first-order chi connectivity index (χ1) is 11.1. The van der Waals surface area contributed by atoms with Gasteiger partial charge < -0.3 is 10.5 Å². The smallest absolute Gasteiger partial charge is 0.417 e. The van der Waals surface area contributed by atoms with Crippen molar-refractivity contribution < 1.29 is 27.1 Å². The third-order valence-corrected chi connectivity index (χ3v) is 3.72. The first kappa shape index (κ1) is 18.4. The van der Waals surface area contributed by atoms with Gasteiger partial charge in [-0.25, -0.2) is 4.39 Å². The van der Waals surface area contributed by atoms with Gasteiger partial charge in [0.15, 0.2) is 0 Å². The number of nitrogens with two attached hydrogens (primary N) is 1. The third-order valence-electron chi connectivity index (χ3n) is 3.04. The molecule has 0 aliphatic rings. The summed E-state index contributed by atoms with van der Waals surface area (Å²) in [6.45, 7) is -0.312. The summed E-state index contributed by atoms with van der Waals surface area (Å²) in [6, 6.07) is 4.96. The Labute approximate surface area is 143 Å². The molecule has 0 fully saturated rings. The first-order valence-corrected chi connectivity index (χ1v) is 7.12. The Balaban J connectivity index is 2.23. The molecule has 0 unspecified atom stereocenters. The van der Waals surface area contributed by atoms with E-state index < -0.39 is 34.1 Å².